The number of fused-ring (bicyclic) bond motifs is 1. The number of carbonyl (C=O) groups is 1. The topological polar surface area (TPSA) is 47.8 Å². The summed E-state index contributed by atoms with van der Waals surface area (Å²) < 4.78 is 1.50. The molecule has 12 heavy (non-hydrogen) atoms. The second-order valence-electron chi connectivity index (χ2n) is 2.51. The van der Waals surface area contributed by atoms with Crippen LogP contribution in [0.2, 0.25) is 0 Å². The quantitative estimate of drug-likeness (QED) is 0.581. The van der Waals surface area contributed by atoms with Crippen molar-refractivity contribution in [1.29, 1.82) is 0 Å². The van der Waals surface area contributed by atoms with E-state index in [4.69, 9.17) is 0 Å². The molecule has 0 saturated carbocycles. The molecular formula is C8H7N3O. The lowest BCUT2D eigenvalue weighted by Gasteiger charge is -1.95. The standard InChI is InChI=1S/C8H7N3O/c1-6(12)11-3-2-7-4-9-5-10-8(7)11/h2-5H,1H3. The first kappa shape index (κ1) is 6.97. The smallest absolute Gasteiger partial charge is 0.229 e. The fourth-order valence-corrected chi connectivity index (χ4v) is 1.13. The Balaban J connectivity index is 2.79. The van der Waals surface area contributed by atoms with Crippen LogP contribution in [0.25, 0.3) is 11.0 Å². The zero-order chi connectivity index (χ0) is 8.55. The molecule has 2 rings (SSSR count). The first-order valence-electron chi connectivity index (χ1n) is 3.57. The summed E-state index contributed by atoms with van der Waals surface area (Å²) in [6.07, 6.45) is 4.81. The maximum atomic E-state index is 11.0. The first-order chi connectivity index (χ1) is 5.79. The number of hydrogen-bond donors (Lipinski definition) is 0. The van der Waals surface area contributed by atoms with Crippen molar-refractivity contribution in [2.45, 2.75) is 6.92 Å². The largest absolute Gasteiger partial charge is 0.274 e. The maximum absolute atomic E-state index is 11.0. The monoisotopic (exact) mass is 161 g/mol. The zero-order valence-electron chi connectivity index (χ0n) is 6.56. The molecule has 0 N–H and O–H groups in total. The van der Waals surface area contributed by atoms with Crippen LogP contribution >= 0.6 is 0 Å². The Morgan fingerprint density at radius 1 is 1.58 bits per heavy atom. The molecule has 0 bridgehead atoms. The molecule has 0 aliphatic carbocycles. The van der Waals surface area contributed by atoms with Gasteiger partial charge in [0.15, 0.2) is 0 Å². The highest BCUT2D eigenvalue weighted by Crippen LogP contribution is 2.09. The van der Waals surface area contributed by atoms with Crippen LogP contribution in [0.5, 0.6) is 0 Å². The van der Waals surface area contributed by atoms with Gasteiger partial charge in [-0.3, -0.25) is 9.36 Å². The predicted octanol–water partition coefficient (Wildman–Crippen LogP) is 1.09. The number of nitrogens with zero attached hydrogens (tertiary/aromatic N) is 3. The van der Waals surface area contributed by atoms with E-state index in [1.165, 1.54) is 17.8 Å². The van der Waals surface area contributed by atoms with Crippen LogP contribution < -0.4 is 0 Å². The molecule has 2 heterocycles. The van der Waals surface area contributed by atoms with Crippen molar-refractivity contribution < 1.29 is 4.79 Å². The Labute approximate surface area is 68.9 Å². The van der Waals surface area contributed by atoms with Crippen LogP contribution in [0.1, 0.15) is 11.7 Å². The highest BCUT2D eigenvalue weighted by atomic mass is 16.1. The molecule has 0 aliphatic heterocycles. The molecule has 4 heteroatoms. The number of carbonyl (C=O) groups excluding carboxylic acids is 1. The van der Waals surface area contributed by atoms with E-state index in [-0.39, 0.29) is 5.91 Å². The fraction of sp³-hybridized carbons (Fsp3) is 0.125. The van der Waals surface area contributed by atoms with Gasteiger partial charge in [-0.2, -0.15) is 0 Å². The third-order valence-electron chi connectivity index (χ3n) is 1.69. The molecule has 0 saturated heterocycles. The minimum Gasteiger partial charge on any atom is -0.274 e. The first-order valence-corrected chi connectivity index (χ1v) is 3.57. The molecule has 0 unspecified atom stereocenters. The summed E-state index contributed by atoms with van der Waals surface area (Å²) >= 11 is 0. The zero-order valence-corrected chi connectivity index (χ0v) is 6.56. The lowest BCUT2D eigenvalue weighted by atomic mass is 10.4. The fourth-order valence-electron chi connectivity index (χ4n) is 1.13. The molecule has 0 spiro atoms. The van der Waals surface area contributed by atoms with Gasteiger partial charge in [-0.1, -0.05) is 0 Å². The predicted molar refractivity (Wildman–Crippen MR) is 43.8 cm³/mol. The third-order valence-corrected chi connectivity index (χ3v) is 1.69. The molecule has 60 valence electrons. The van der Waals surface area contributed by atoms with Crippen LogP contribution in [0.3, 0.4) is 0 Å². The van der Waals surface area contributed by atoms with Crippen molar-refractivity contribution in [2.75, 3.05) is 0 Å². The molecule has 0 aliphatic rings. The van der Waals surface area contributed by atoms with Crippen molar-refractivity contribution in [3.63, 3.8) is 0 Å². The van der Waals surface area contributed by atoms with Gasteiger partial charge in [0.1, 0.15) is 12.0 Å². The van der Waals surface area contributed by atoms with Crippen LogP contribution in [0.15, 0.2) is 24.8 Å². The summed E-state index contributed by atoms with van der Waals surface area (Å²) in [6.45, 7) is 1.50. The lowest BCUT2D eigenvalue weighted by Crippen LogP contribution is -2.03. The van der Waals surface area contributed by atoms with Gasteiger partial charge in [0.05, 0.1) is 0 Å². The van der Waals surface area contributed by atoms with Gasteiger partial charge < -0.3 is 0 Å². The van der Waals surface area contributed by atoms with Crippen molar-refractivity contribution in [2.24, 2.45) is 0 Å². The number of rotatable bonds is 0. The molecule has 2 aromatic rings. The van der Waals surface area contributed by atoms with Gasteiger partial charge in [0.2, 0.25) is 5.91 Å². The molecule has 0 radical (unpaired) electrons. The normalized spacial score (nSPS) is 10.4. The second-order valence-corrected chi connectivity index (χ2v) is 2.51. The third kappa shape index (κ3) is 0.887. The van der Waals surface area contributed by atoms with E-state index in [1.54, 1.807) is 12.4 Å². The van der Waals surface area contributed by atoms with E-state index in [0.29, 0.717) is 5.65 Å². The Kier molecular flexibility index (Phi) is 1.40. The minimum atomic E-state index is -0.0382. The van der Waals surface area contributed by atoms with E-state index in [0.717, 1.165) is 5.39 Å². The van der Waals surface area contributed by atoms with Gasteiger partial charge in [-0.05, 0) is 6.07 Å². The molecule has 0 amide bonds. The Bertz CT molecular complexity index is 433. The van der Waals surface area contributed by atoms with E-state index < -0.39 is 0 Å². The summed E-state index contributed by atoms with van der Waals surface area (Å²) in [5.74, 6) is -0.0382. The highest BCUT2D eigenvalue weighted by Gasteiger charge is 2.03. The summed E-state index contributed by atoms with van der Waals surface area (Å²) in [4.78, 5) is 18.9. The summed E-state index contributed by atoms with van der Waals surface area (Å²) in [7, 11) is 0. The summed E-state index contributed by atoms with van der Waals surface area (Å²) in [6, 6.07) is 1.82. The molecule has 2 aromatic heterocycles. The lowest BCUT2D eigenvalue weighted by molar-refractivity contribution is 0.0941. The van der Waals surface area contributed by atoms with Gasteiger partial charge >= 0.3 is 0 Å². The number of hydrogen-bond acceptors (Lipinski definition) is 3. The van der Waals surface area contributed by atoms with Gasteiger partial charge in [-0.15, -0.1) is 0 Å². The molecule has 0 atom stereocenters. The van der Waals surface area contributed by atoms with Gasteiger partial charge in [0, 0.05) is 24.7 Å². The summed E-state index contributed by atoms with van der Waals surface area (Å²) in [5.41, 5.74) is 0.664. The number of aromatic nitrogens is 3. The van der Waals surface area contributed by atoms with Crippen molar-refractivity contribution in [3.8, 4) is 0 Å². The van der Waals surface area contributed by atoms with Crippen LogP contribution in [-0.4, -0.2) is 20.4 Å². The second kappa shape index (κ2) is 2.41. The molecular weight excluding hydrogens is 154 g/mol. The van der Waals surface area contributed by atoms with E-state index >= 15 is 0 Å². The Morgan fingerprint density at radius 2 is 2.42 bits per heavy atom. The average Bonchev–Trinajstić information content (AvgIpc) is 2.47. The minimum absolute atomic E-state index is 0.0382. The maximum Gasteiger partial charge on any atom is 0.229 e. The van der Waals surface area contributed by atoms with Crippen LogP contribution in [-0.2, 0) is 0 Å². The van der Waals surface area contributed by atoms with Gasteiger partial charge in [0.25, 0.3) is 0 Å². The van der Waals surface area contributed by atoms with Crippen LogP contribution in [0.4, 0.5) is 0 Å². The van der Waals surface area contributed by atoms with E-state index in [9.17, 15) is 4.79 Å². The molecule has 4 nitrogen and oxygen atoms in total. The Morgan fingerprint density at radius 3 is 3.17 bits per heavy atom. The van der Waals surface area contributed by atoms with Crippen molar-refractivity contribution in [3.05, 3.63) is 24.8 Å². The average molecular weight is 161 g/mol. The molecule has 0 aromatic carbocycles. The Hall–Kier alpha value is -1.71. The summed E-state index contributed by atoms with van der Waals surface area (Å²) in [5, 5.41) is 0.882. The van der Waals surface area contributed by atoms with Crippen molar-refractivity contribution in [1.82, 2.24) is 14.5 Å². The van der Waals surface area contributed by atoms with Crippen LogP contribution in [0, 0.1) is 0 Å². The van der Waals surface area contributed by atoms with E-state index in [2.05, 4.69) is 9.97 Å². The van der Waals surface area contributed by atoms with Crippen molar-refractivity contribution >= 4 is 16.9 Å². The van der Waals surface area contributed by atoms with E-state index in [1.807, 2.05) is 6.07 Å². The molecule has 0 fully saturated rings. The SMILES string of the molecule is CC(=O)n1ccc2cncnc21. The van der Waals surface area contributed by atoms with Gasteiger partial charge in [-0.25, -0.2) is 9.97 Å². The highest BCUT2D eigenvalue weighted by molar-refractivity contribution is 5.88.